The molecule has 0 aliphatic carbocycles. The van der Waals surface area contributed by atoms with Gasteiger partial charge in [-0.25, -0.2) is 27.4 Å². The van der Waals surface area contributed by atoms with E-state index in [-0.39, 0.29) is 18.4 Å². The van der Waals surface area contributed by atoms with Gasteiger partial charge in [-0.2, -0.15) is 10.1 Å². The van der Waals surface area contributed by atoms with Gasteiger partial charge in [0, 0.05) is 12.3 Å². The molecular formula is C19H14N6O3S. The van der Waals surface area contributed by atoms with Crippen LogP contribution < -0.4 is 9.04 Å². The van der Waals surface area contributed by atoms with Crippen molar-refractivity contribution in [1.82, 2.24) is 24.7 Å². The highest BCUT2D eigenvalue weighted by Crippen LogP contribution is 2.34. The molecule has 0 bridgehead atoms. The Hall–Kier alpha value is -3.79. The van der Waals surface area contributed by atoms with E-state index >= 15 is 0 Å². The lowest BCUT2D eigenvalue weighted by Crippen LogP contribution is -2.24. The van der Waals surface area contributed by atoms with Gasteiger partial charge in [0.15, 0.2) is 0 Å². The molecule has 9 nitrogen and oxygen atoms in total. The summed E-state index contributed by atoms with van der Waals surface area (Å²) >= 11 is 0. The van der Waals surface area contributed by atoms with E-state index in [9.17, 15) is 8.42 Å². The standard InChI is InChI=1S/C19H14N6O3S/c26-29(27)17-4-2-1-3-14(17)11-25(29)18-9-10-21-19(23-18)28-16-7-5-15(6-8-16)24-13-20-12-22-24/h1-10,12-13H,11H2. The summed E-state index contributed by atoms with van der Waals surface area (Å²) in [7, 11) is -3.65. The molecule has 144 valence electrons. The van der Waals surface area contributed by atoms with E-state index in [0.29, 0.717) is 10.6 Å². The number of sulfonamides is 1. The van der Waals surface area contributed by atoms with Crippen molar-refractivity contribution < 1.29 is 13.2 Å². The molecule has 10 heteroatoms. The van der Waals surface area contributed by atoms with E-state index < -0.39 is 10.0 Å². The lowest BCUT2D eigenvalue weighted by Gasteiger charge is -2.16. The maximum atomic E-state index is 12.8. The first kappa shape index (κ1) is 17.3. The number of hydrogen-bond donors (Lipinski definition) is 0. The van der Waals surface area contributed by atoms with E-state index in [0.717, 1.165) is 11.3 Å². The number of hydrogen-bond acceptors (Lipinski definition) is 7. The zero-order valence-electron chi connectivity index (χ0n) is 15.0. The van der Waals surface area contributed by atoms with Crippen LogP contribution in [-0.4, -0.2) is 33.2 Å². The molecule has 0 atom stereocenters. The topological polar surface area (TPSA) is 103 Å². The van der Waals surface area contributed by atoms with Crippen molar-refractivity contribution in [3.8, 4) is 17.4 Å². The van der Waals surface area contributed by atoms with E-state index in [4.69, 9.17) is 4.74 Å². The predicted molar refractivity (Wildman–Crippen MR) is 103 cm³/mol. The second-order valence-corrected chi connectivity index (χ2v) is 8.08. The summed E-state index contributed by atoms with van der Waals surface area (Å²) in [6.45, 7) is 0.224. The van der Waals surface area contributed by atoms with Crippen molar-refractivity contribution in [1.29, 1.82) is 0 Å². The second-order valence-electron chi connectivity index (χ2n) is 6.25. The van der Waals surface area contributed by atoms with Gasteiger partial charge in [-0.15, -0.1) is 0 Å². The molecule has 0 N–H and O–H groups in total. The Bertz CT molecular complexity index is 1270. The number of rotatable bonds is 4. The maximum absolute atomic E-state index is 12.8. The fraction of sp³-hybridized carbons (Fsp3) is 0.0526. The summed E-state index contributed by atoms with van der Waals surface area (Å²) < 4.78 is 34.2. The van der Waals surface area contributed by atoms with E-state index in [2.05, 4.69) is 20.1 Å². The summed E-state index contributed by atoms with van der Waals surface area (Å²) in [5.41, 5.74) is 1.56. The molecule has 2 aromatic carbocycles. The van der Waals surface area contributed by atoms with Gasteiger partial charge in [-0.3, -0.25) is 0 Å². The van der Waals surface area contributed by atoms with Crippen molar-refractivity contribution in [2.75, 3.05) is 4.31 Å². The zero-order chi connectivity index (χ0) is 19.8. The molecule has 1 aliphatic rings. The number of benzene rings is 2. The molecule has 1 aliphatic heterocycles. The summed E-state index contributed by atoms with van der Waals surface area (Å²) in [5.74, 6) is 0.768. The van der Waals surface area contributed by atoms with Crippen LogP contribution in [-0.2, 0) is 16.6 Å². The minimum absolute atomic E-state index is 0.0576. The third-order valence-electron chi connectivity index (χ3n) is 4.46. The van der Waals surface area contributed by atoms with Gasteiger partial charge < -0.3 is 4.74 Å². The second kappa shape index (κ2) is 6.67. The molecule has 4 aromatic rings. The Kier molecular flexibility index (Phi) is 3.98. The first-order valence-electron chi connectivity index (χ1n) is 8.68. The maximum Gasteiger partial charge on any atom is 0.323 e. The number of anilines is 1. The van der Waals surface area contributed by atoms with Gasteiger partial charge in [-0.1, -0.05) is 18.2 Å². The van der Waals surface area contributed by atoms with Crippen molar-refractivity contribution in [2.24, 2.45) is 0 Å². The summed E-state index contributed by atoms with van der Waals surface area (Å²) in [5, 5.41) is 4.06. The normalized spacial score (nSPS) is 14.6. The molecule has 5 rings (SSSR count). The largest absolute Gasteiger partial charge is 0.424 e. The lowest BCUT2D eigenvalue weighted by molar-refractivity contribution is 0.442. The number of aromatic nitrogens is 5. The number of ether oxygens (including phenoxy) is 1. The Morgan fingerprint density at radius 1 is 1.00 bits per heavy atom. The van der Waals surface area contributed by atoms with Crippen LogP contribution in [0.3, 0.4) is 0 Å². The molecule has 2 aromatic heterocycles. The molecule has 0 fully saturated rings. The van der Waals surface area contributed by atoms with Crippen molar-refractivity contribution in [3.05, 3.63) is 79.0 Å². The highest BCUT2D eigenvalue weighted by molar-refractivity contribution is 7.93. The highest BCUT2D eigenvalue weighted by atomic mass is 32.2. The zero-order valence-corrected chi connectivity index (χ0v) is 15.8. The van der Waals surface area contributed by atoms with Gasteiger partial charge >= 0.3 is 6.01 Å². The van der Waals surface area contributed by atoms with Crippen LogP contribution in [0.2, 0.25) is 0 Å². The Morgan fingerprint density at radius 2 is 1.83 bits per heavy atom. The van der Waals surface area contributed by atoms with Gasteiger partial charge in [0.1, 0.15) is 24.2 Å². The average molecular weight is 406 g/mol. The first-order chi connectivity index (χ1) is 14.1. The third-order valence-corrected chi connectivity index (χ3v) is 6.31. The molecular weight excluding hydrogens is 392 g/mol. The molecule has 0 unspecified atom stereocenters. The van der Waals surface area contributed by atoms with Crippen LogP contribution in [0.5, 0.6) is 11.8 Å². The third kappa shape index (κ3) is 3.09. The molecule has 29 heavy (non-hydrogen) atoms. The van der Waals surface area contributed by atoms with Crippen LogP contribution in [0.1, 0.15) is 5.56 Å². The van der Waals surface area contributed by atoms with Gasteiger partial charge in [0.2, 0.25) is 0 Å². The molecule has 0 amide bonds. The Labute approximate surface area is 166 Å². The average Bonchev–Trinajstić information content (AvgIpc) is 3.36. The minimum atomic E-state index is -3.65. The quantitative estimate of drug-likeness (QED) is 0.513. The minimum Gasteiger partial charge on any atom is -0.424 e. The SMILES string of the molecule is O=S1(=O)c2ccccc2CN1c1ccnc(Oc2ccc(-n3cncn3)cc2)n1. The molecule has 3 heterocycles. The Balaban J connectivity index is 1.40. The molecule has 0 radical (unpaired) electrons. The summed E-state index contributed by atoms with van der Waals surface area (Å²) in [6, 6.07) is 15.6. The fourth-order valence-corrected chi connectivity index (χ4v) is 4.69. The predicted octanol–water partition coefficient (Wildman–Crippen LogP) is 2.56. The monoisotopic (exact) mass is 406 g/mol. The van der Waals surface area contributed by atoms with Crippen LogP contribution >= 0.6 is 0 Å². The van der Waals surface area contributed by atoms with Gasteiger partial charge in [-0.05, 0) is 35.9 Å². The molecule has 0 spiro atoms. The Morgan fingerprint density at radius 3 is 2.59 bits per heavy atom. The van der Waals surface area contributed by atoms with Gasteiger partial charge in [0.05, 0.1) is 17.1 Å². The van der Waals surface area contributed by atoms with Crippen LogP contribution in [0.4, 0.5) is 5.82 Å². The summed E-state index contributed by atoms with van der Waals surface area (Å²) in [6.07, 6.45) is 4.52. The first-order valence-corrected chi connectivity index (χ1v) is 10.1. The van der Waals surface area contributed by atoms with E-state index in [1.165, 1.54) is 16.8 Å². The van der Waals surface area contributed by atoms with Crippen LogP contribution in [0.25, 0.3) is 5.69 Å². The van der Waals surface area contributed by atoms with E-state index in [1.807, 2.05) is 18.2 Å². The van der Waals surface area contributed by atoms with Crippen molar-refractivity contribution in [2.45, 2.75) is 11.4 Å². The lowest BCUT2D eigenvalue weighted by atomic mass is 10.2. The highest BCUT2D eigenvalue weighted by Gasteiger charge is 2.35. The number of nitrogens with zero attached hydrogens (tertiary/aromatic N) is 6. The van der Waals surface area contributed by atoms with Crippen LogP contribution in [0, 0.1) is 0 Å². The molecule has 0 saturated heterocycles. The summed E-state index contributed by atoms with van der Waals surface area (Å²) in [4.78, 5) is 12.6. The number of fused-ring (bicyclic) bond motifs is 1. The smallest absolute Gasteiger partial charge is 0.323 e. The molecule has 0 saturated carbocycles. The van der Waals surface area contributed by atoms with Crippen molar-refractivity contribution >= 4 is 15.8 Å². The van der Waals surface area contributed by atoms with E-state index in [1.54, 1.807) is 47.4 Å². The van der Waals surface area contributed by atoms with Gasteiger partial charge in [0.25, 0.3) is 10.0 Å². The van der Waals surface area contributed by atoms with Crippen LogP contribution in [0.15, 0.2) is 78.3 Å². The fourth-order valence-electron chi connectivity index (χ4n) is 3.08. The van der Waals surface area contributed by atoms with Crippen molar-refractivity contribution in [3.63, 3.8) is 0 Å².